The second kappa shape index (κ2) is 13.4. The predicted molar refractivity (Wildman–Crippen MR) is 140 cm³/mol. The zero-order valence-corrected chi connectivity index (χ0v) is 22.2. The Morgan fingerprint density at radius 2 is 1.91 bits per heavy atom. The molecule has 35 heavy (non-hydrogen) atoms. The van der Waals surface area contributed by atoms with Crippen LogP contribution >= 0.6 is 36.6 Å². The lowest BCUT2D eigenvalue weighted by atomic mass is 9.95. The summed E-state index contributed by atoms with van der Waals surface area (Å²) in [7, 11) is 2.95. The van der Waals surface area contributed by atoms with E-state index in [1.165, 1.54) is 18.9 Å². The Labute approximate surface area is 222 Å². The minimum absolute atomic E-state index is 0. The molecule has 0 bridgehead atoms. The smallest absolute Gasteiger partial charge is 0.325 e. The Hall–Kier alpha value is -1.98. The van der Waals surface area contributed by atoms with Crippen molar-refractivity contribution >= 4 is 48.5 Å². The highest BCUT2D eigenvalue weighted by Crippen LogP contribution is 2.47. The number of ether oxygens (including phenoxy) is 3. The molecule has 1 aromatic heterocycles. The van der Waals surface area contributed by atoms with E-state index in [4.69, 9.17) is 14.2 Å². The maximum Gasteiger partial charge on any atom is 0.325 e. The normalized spacial score (nSPS) is 21.9. The number of aliphatic hydroxyl groups excluding tert-OH is 1. The molecular formula is C23H32Cl2N4O5S. The molecule has 2 aliphatic rings. The van der Waals surface area contributed by atoms with E-state index in [0.29, 0.717) is 17.9 Å². The molecule has 2 aliphatic heterocycles. The summed E-state index contributed by atoms with van der Waals surface area (Å²) in [5.41, 5.74) is 0. The third kappa shape index (κ3) is 6.62. The molecule has 1 saturated heterocycles. The van der Waals surface area contributed by atoms with E-state index in [1.807, 2.05) is 12.1 Å². The van der Waals surface area contributed by atoms with Gasteiger partial charge in [-0.25, -0.2) is 9.97 Å². The third-order valence-corrected chi connectivity index (χ3v) is 7.68. The fourth-order valence-electron chi connectivity index (χ4n) is 4.24. The summed E-state index contributed by atoms with van der Waals surface area (Å²) in [4.78, 5) is 26.9. The third-order valence-electron chi connectivity index (χ3n) is 6.14. The number of piperazine rings is 1. The van der Waals surface area contributed by atoms with Crippen molar-refractivity contribution in [1.82, 2.24) is 14.9 Å². The molecule has 4 rings (SSSR count). The van der Waals surface area contributed by atoms with Crippen molar-refractivity contribution in [3.8, 4) is 11.5 Å². The van der Waals surface area contributed by atoms with E-state index < -0.39 is 16.8 Å². The van der Waals surface area contributed by atoms with Gasteiger partial charge in [-0.15, -0.1) is 36.6 Å². The molecule has 1 aromatic carbocycles. The van der Waals surface area contributed by atoms with Crippen LogP contribution in [-0.2, 0) is 9.53 Å². The van der Waals surface area contributed by atoms with Gasteiger partial charge in [-0.05, 0) is 43.7 Å². The summed E-state index contributed by atoms with van der Waals surface area (Å²) in [6.45, 7) is 4.33. The lowest BCUT2D eigenvalue weighted by molar-refractivity contribution is -0.147. The minimum Gasteiger partial charge on any atom is -0.497 e. The topological polar surface area (TPSA) is 97.3 Å². The lowest BCUT2D eigenvalue weighted by Gasteiger charge is -2.36. The first-order valence-corrected chi connectivity index (χ1v) is 11.9. The number of carbonyl (C=O) groups is 1. The monoisotopic (exact) mass is 546 g/mol. The molecule has 2 aromatic rings. The number of methoxy groups -OCH3 is 2. The number of hydrogen-bond donors (Lipinski definition) is 1. The number of aliphatic hydroxyl groups is 1. The first kappa shape index (κ1) is 29.3. The number of fused-ring (bicyclic) bond motifs is 1. The molecule has 0 amide bonds. The molecule has 1 N–H and O–H groups in total. The first-order chi connectivity index (χ1) is 16.1. The highest BCUT2D eigenvalue weighted by atomic mass is 35.5. The van der Waals surface area contributed by atoms with Crippen LogP contribution in [-0.4, -0.2) is 90.3 Å². The van der Waals surface area contributed by atoms with Crippen LogP contribution in [0.4, 0.5) is 5.95 Å². The summed E-state index contributed by atoms with van der Waals surface area (Å²) in [5.74, 6) is 1.62. The molecule has 0 spiro atoms. The maximum absolute atomic E-state index is 13.0. The second-order valence-corrected chi connectivity index (χ2v) is 9.48. The van der Waals surface area contributed by atoms with Crippen LogP contribution in [0.2, 0.25) is 0 Å². The molecule has 1 fully saturated rings. The molecule has 194 valence electrons. The van der Waals surface area contributed by atoms with Gasteiger partial charge in [0.05, 0.1) is 19.1 Å². The number of thioether (sulfide) groups is 1. The van der Waals surface area contributed by atoms with Crippen LogP contribution < -0.4 is 14.4 Å². The van der Waals surface area contributed by atoms with Crippen LogP contribution in [0, 0.1) is 0 Å². The quantitative estimate of drug-likeness (QED) is 0.522. The fourth-order valence-corrected chi connectivity index (χ4v) is 5.66. The van der Waals surface area contributed by atoms with Crippen molar-refractivity contribution in [2.45, 2.75) is 28.6 Å². The van der Waals surface area contributed by atoms with Gasteiger partial charge < -0.3 is 24.2 Å². The van der Waals surface area contributed by atoms with E-state index in [0.717, 1.165) is 50.0 Å². The van der Waals surface area contributed by atoms with E-state index in [2.05, 4.69) is 19.8 Å². The largest absolute Gasteiger partial charge is 0.497 e. The van der Waals surface area contributed by atoms with Gasteiger partial charge in [0.2, 0.25) is 5.95 Å². The first-order valence-electron chi connectivity index (χ1n) is 11.1. The summed E-state index contributed by atoms with van der Waals surface area (Å²) < 4.78 is 15.1. The van der Waals surface area contributed by atoms with E-state index >= 15 is 0 Å². The molecule has 12 heteroatoms. The Kier molecular flexibility index (Phi) is 11.2. The van der Waals surface area contributed by atoms with Gasteiger partial charge in [0, 0.05) is 38.6 Å². The zero-order valence-electron chi connectivity index (χ0n) is 19.8. The number of esters is 1. The van der Waals surface area contributed by atoms with Gasteiger partial charge in [0.1, 0.15) is 29.0 Å². The molecule has 0 saturated carbocycles. The van der Waals surface area contributed by atoms with E-state index in [1.54, 1.807) is 31.6 Å². The van der Waals surface area contributed by atoms with Gasteiger partial charge in [0.25, 0.3) is 0 Å². The lowest BCUT2D eigenvalue weighted by Crippen LogP contribution is -2.50. The average molecular weight is 548 g/mol. The van der Waals surface area contributed by atoms with Crippen molar-refractivity contribution in [3.05, 3.63) is 36.7 Å². The zero-order chi connectivity index (χ0) is 23.3. The maximum atomic E-state index is 13.0. The Morgan fingerprint density at radius 1 is 1.20 bits per heavy atom. The van der Waals surface area contributed by atoms with E-state index in [9.17, 15) is 9.90 Å². The fraction of sp³-hybridized carbons (Fsp3) is 0.522. The van der Waals surface area contributed by atoms with Gasteiger partial charge in [-0.3, -0.25) is 9.69 Å². The van der Waals surface area contributed by atoms with E-state index in [-0.39, 0.29) is 31.4 Å². The number of hydrogen-bond acceptors (Lipinski definition) is 10. The number of halogens is 2. The molecule has 0 radical (unpaired) electrons. The number of carbonyl (C=O) groups excluding carboxylic acids is 1. The van der Waals surface area contributed by atoms with Crippen molar-refractivity contribution < 1.29 is 24.1 Å². The van der Waals surface area contributed by atoms with Crippen LogP contribution in [0.3, 0.4) is 0 Å². The number of benzene rings is 1. The van der Waals surface area contributed by atoms with Crippen molar-refractivity contribution in [2.24, 2.45) is 0 Å². The molecular weight excluding hydrogens is 515 g/mol. The summed E-state index contributed by atoms with van der Waals surface area (Å²) in [6.07, 6.45) is 3.72. The Bertz CT molecular complexity index is 953. The highest BCUT2D eigenvalue weighted by Gasteiger charge is 2.49. The average Bonchev–Trinajstić information content (AvgIpc) is 3.01. The summed E-state index contributed by atoms with van der Waals surface area (Å²) >= 11 is 1.31. The molecule has 2 atom stereocenters. The van der Waals surface area contributed by atoms with Crippen LogP contribution in [0.15, 0.2) is 41.6 Å². The van der Waals surface area contributed by atoms with Gasteiger partial charge in [0.15, 0.2) is 0 Å². The highest BCUT2D eigenvalue weighted by molar-refractivity contribution is 8.01. The number of anilines is 1. The molecule has 0 unspecified atom stereocenters. The van der Waals surface area contributed by atoms with Crippen molar-refractivity contribution in [3.63, 3.8) is 0 Å². The molecule has 0 aliphatic carbocycles. The van der Waals surface area contributed by atoms with Gasteiger partial charge in [-0.1, -0.05) is 0 Å². The Morgan fingerprint density at radius 3 is 2.57 bits per heavy atom. The van der Waals surface area contributed by atoms with Gasteiger partial charge in [-0.2, -0.15) is 0 Å². The predicted octanol–water partition coefficient (Wildman–Crippen LogP) is 2.69. The van der Waals surface area contributed by atoms with Crippen LogP contribution in [0.25, 0.3) is 0 Å². The standard InChI is InChI=1S/C23H30N4O5S.2ClH/c1-30-17-5-6-18-19(15-17)33-23(21(29)31-2,20(28)16-32-18)7-3-10-26-11-13-27(14-12-26)22-24-8-4-9-25-22;;/h4-6,8-9,15,20,28H,3,7,10-14,16H2,1-2H3;2*1H/t20-,23+;;/m0../s1. The number of nitrogens with zero attached hydrogens (tertiary/aromatic N) is 4. The SMILES string of the molecule is COC(=O)[C@]1(CCCN2CCN(c3ncccn3)CC2)Sc2cc(OC)ccc2OC[C@@H]1O.Cl.Cl. The van der Waals surface area contributed by atoms with Crippen LogP contribution in [0.5, 0.6) is 11.5 Å². The Balaban J connectivity index is 0.00000216. The van der Waals surface area contributed by atoms with Crippen molar-refractivity contribution in [2.75, 3.05) is 58.5 Å². The van der Waals surface area contributed by atoms with Gasteiger partial charge >= 0.3 is 5.97 Å². The minimum atomic E-state index is -1.15. The summed E-state index contributed by atoms with van der Waals surface area (Å²) in [5, 5.41) is 11.0. The van der Waals surface area contributed by atoms with Crippen molar-refractivity contribution in [1.29, 1.82) is 0 Å². The second-order valence-electron chi connectivity index (χ2n) is 8.10. The number of aromatic nitrogens is 2. The number of rotatable bonds is 7. The van der Waals surface area contributed by atoms with Crippen LogP contribution in [0.1, 0.15) is 12.8 Å². The summed E-state index contributed by atoms with van der Waals surface area (Å²) in [6, 6.07) is 7.26. The molecule has 3 heterocycles. The molecule has 9 nitrogen and oxygen atoms in total.